The van der Waals surface area contributed by atoms with Crippen molar-refractivity contribution in [3.05, 3.63) is 70.6 Å². The third kappa shape index (κ3) is 4.13. The van der Waals surface area contributed by atoms with Crippen LogP contribution in [0.25, 0.3) is 11.5 Å². The van der Waals surface area contributed by atoms with Crippen LogP contribution in [0.5, 0.6) is 0 Å². The van der Waals surface area contributed by atoms with E-state index in [4.69, 9.17) is 23.2 Å². The van der Waals surface area contributed by atoms with E-state index in [0.717, 1.165) is 0 Å². The molecular formula is C16H11Cl2N3OS. The Morgan fingerprint density at radius 2 is 1.78 bits per heavy atom. The van der Waals surface area contributed by atoms with Gasteiger partial charge in [0.05, 0.1) is 22.2 Å². The molecule has 0 fully saturated rings. The summed E-state index contributed by atoms with van der Waals surface area (Å²) in [7, 11) is -1.24. The van der Waals surface area contributed by atoms with E-state index in [0.29, 0.717) is 32.3 Å². The van der Waals surface area contributed by atoms with Crippen LogP contribution >= 0.6 is 23.2 Å². The first kappa shape index (κ1) is 16.1. The number of rotatable bonds is 4. The Hall–Kier alpha value is -1.82. The van der Waals surface area contributed by atoms with E-state index in [1.807, 2.05) is 12.1 Å². The number of halogens is 2. The Labute approximate surface area is 146 Å². The van der Waals surface area contributed by atoms with Gasteiger partial charge in [-0.2, -0.15) is 0 Å². The number of benzene rings is 1. The molecule has 0 spiro atoms. The number of aromatic nitrogens is 3. The molecule has 0 bridgehead atoms. The molecule has 3 rings (SSSR count). The van der Waals surface area contributed by atoms with Gasteiger partial charge in [-0.1, -0.05) is 29.3 Å². The molecule has 0 amide bonds. The molecule has 0 aliphatic heterocycles. The summed E-state index contributed by atoms with van der Waals surface area (Å²) in [6.45, 7) is 0. The highest BCUT2D eigenvalue weighted by molar-refractivity contribution is 7.84. The number of hydrogen-bond donors (Lipinski definition) is 0. The van der Waals surface area contributed by atoms with Gasteiger partial charge in [-0.25, -0.2) is 9.97 Å². The van der Waals surface area contributed by atoms with Crippen molar-refractivity contribution in [1.29, 1.82) is 0 Å². The normalized spacial score (nSPS) is 12.1. The monoisotopic (exact) mass is 363 g/mol. The van der Waals surface area contributed by atoms with Crippen LogP contribution in [0.4, 0.5) is 0 Å². The molecule has 0 aliphatic carbocycles. The van der Waals surface area contributed by atoms with Crippen LogP contribution in [0.2, 0.25) is 10.2 Å². The fourth-order valence-electron chi connectivity index (χ4n) is 1.95. The SMILES string of the molecule is O=[S@](Cc1cc(Cl)nc(-c2ccccn2)n1)c1ccc(Cl)cc1. The predicted molar refractivity (Wildman–Crippen MR) is 91.8 cm³/mol. The molecule has 4 nitrogen and oxygen atoms in total. The van der Waals surface area contributed by atoms with E-state index in [-0.39, 0.29) is 5.75 Å². The van der Waals surface area contributed by atoms with Crippen LogP contribution in [-0.2, 0) is 16.6 Å². The molecule has 116 valence electrons. The van der Waals surface area contributed by atoms with Crippen molar-refractivity contribution in [2.45, 2.75) is 10.6 Å². The molecule has 0 saturated heterocycles. The smallest absolute Gasteiger partial charge is 0.179 e. The van der Waals surface area contributed by atoms with Gasteiger partial charge in [0, 0.05) is 16.1 Å². The maximum atomic E-state index is 12.4. The first-order valence-electron chi connectivity index (χ1n) is 6.70. The molecule has 2 heterocycles. The van der Waals surface area contributed by atoms with E-state index in [1.54, 1.807) is 42.6 Å². The van der Waals surface area contributed by atoms with Gasteiger partial charge in [0.25, 0.3) is 0 Å². The highest BCUT2D eigenvalue weighted by Gasteiger charge is 2.11. The van der Waals surface area contributed by atoms with E-state index >= 15 is 0 Å². The zero-order chi connectivity index (χ0) is 16.2. The lowest BCUT2D eigenvalue weighted by atomic mass is 10.3. The second-order valence-electron chi connectivity index (χ2n) is 4.66. The maximum absolute atomic E-state index is 12.4. The fourth-order valence-corrected chi connectivity index (χ4v) is 3.31. The van der Waals surface area contributed by atoms with Crippen molar-refractivity contribution in [3.63, 3.8) is 0 Å². The van der Waals surface area contributed by atoms with Gasteiger partial charge in [-0.15, -0.1) is 0 Å². The molecule has 3 aromatic rings. The van der Waals surface area contributed by atoms with E-state index in [9.17, 15) is 4.21 Å². The van der Waals surface area contributed by atoms with Crippen molar-refractivity contribution >= 4 is 34.0 Å². The highest BCUT2D eigenvalue weighted by Crippen LogP contribution is 2.19. The zero-order valence-corrected chi connectivity index (χ0v) is 14.1. The minimum atomic E-state index is -1.24. The second kappa shape index (κ2) is 7.17. The lowest BCUT2D eigenvalue weighted by Crippen LogP contribution is -2.02. The number of pyridine rings is 1. The Morgan fingerprint density at radius 3 is 2.48 bits per heavy atom. The van der Waals surface area contributed by atoms with Crippen LogP contribution in [0.1, 0.15) is 5.69 Å². The Morgan fingerprint density at radius 1 is 1.00 bits per heavy atom. The molecule has 1 atom stereocenters. The first-order valence-corrected chi connectivity index (χ1v) is 8.78. The quantitative estimate of drug-likeness (QED) is 0.653. The Balaban J connectivity index is 1.87. The van der Waals surface area contributed by atoms with Gasteiger partial charge in [-0.3, -0.25) is 9.19 Å². The largest absolute Gasteiger partial charge is 0.254 e. The van der Waals surface area contributed by atoms with Crippen molar-refractivity contribution in [1.82, 2.24) is 15.0 Å². The lowest BCUT2D eigenvalue weighted by Gasteiger charge is -2.05. The van der Waals surface area contributed by atoms with Gasteiger partial charge in [0.1, 0.15) is 10.8 Å². The zero-order valence-electron chi connectivity index (χ0n) is 11.8. The second-order valence-corrected chi connectivity index (χ2v) is 6.94. The average molecular weight is 364 g/mol. The topological polar surface area (TPSA) is 55.7 Å². The molecule has 2 aromatic heterocycles. The summed E-state index contributed by atoms with van der Waals surface area (Å²) in [6, 6.07) is 14.0. The van der Waals surface area contributed by atoms with Crippen LogP contribution in [0, 0.1) is 0 Å². The van der Waals surface area contributed by atoms with Crippen molar-refractivity contribution in [2.24, 2.45) is 0 Å². The Bertz CT molecular complexity index is 842. The molecule has 0 aliphatic rings. The lowest BCUT2D eigenvalue weighted by molar-refractivity contribution is 0.682. The molecule has 23 heavy (non-hydrogen) atoms. The molecule has 0 saturated carbocycles. The first-order chi connectivity index (χ1) is 11.1. The van der Waals surface area contributed by atoms with Gasteiger partial charge < -0.3 is 0 Å². The minimum absolute atomic E-state index is 0.240. The summed E-state index contributed by atoms with van der Waals surface area (Å²) in [5.41, 5.74) is 1.22. The third-order valence-corrected chi connectivity index (χ3v) is 4.80. The highest BCUT2D eigenvalue weighted by atomic mass is 35.5. The van der Waals surface area contributed by atoms with Crippen molar-refractivity contribution < 1.29 is 4.21 Å². The van der Waals surface area contributed by atoms with Crippen molar-refractivity contribution in [2.75, 3.05) is 0 Å². The van der Waals surface area contributed by atoms with Crippen LogP contribution in [-0.4, -0.2) is 19.2 Å². The molecular weight excluding hydrogens is 353 g/mol. The van der Waals surface area contributed by atoms with Gasteiger partial charge in [0.15, 0.2) is 5.82 Å². The summed E-state index contributed by atoms with van der Waals surface area (Å²) in [6.07, 6.45) is 1.66. The number of nitrogens with zero attached hydrogens (tertiary/aromatic N) is 3. The average Bonchev–Trinajstić information content (AvgIpc) is 2.55. The van der Waals surface area contributed by atoms with E-state index < -0.39 is 10.8 Å². The summed E-state index contributed by atoms with van der Waals surface area (Å²) in [4.78, 5) is 13.5. The third-order valence-electron chi connectivity index (χ3n) is 3.00. The summed E-state index contributed by atoms with van der Waals surface area (Å²) in [5.74, 6) is 0.658. The van der Waals surface area contributed by atoms with E-state index in [1.165, 1.54) is 0 Å². The summed E-state index contributed by atoms with van der Waals surface area (Å²) >= 11 is 11.9. The molecule has 0 radical (unpaired) electrons. The predicted octanol–water partition coefficient (Wildman–Crippen LogP) is 4.15. The van der Waals surface area contributed by atoms with Gasteiger partial charge in [0.2, 0.25) is 0 Å². The molecule has 1 aromatic carbocycles. The fraction of sp³-hybridized carbons (Fsp3) is 0.0625. The minimum Gasteiger partial charge on any atom is -0.254 e. The van der Waals surface area contributed by atoms with Crippen molar-refractivity contribution in [3.8, 4) is 11.5 Å². The standard InChI is InChI=1S/C16H11Cl2N3OS/c17-11-4-6-13(7-5-11)23(22)10-12-9-15(18)21-16(20-12)14-3-1-2-8-19-14/h1-9H,10H2/t23-/m1/s1. The molecule has 7 heteroatoms. The van der Waals surface area contributed by atoms with Crippen LogP contribution < -0.4 is 0 Å². The molecule has 0 N–H and O–H groups in total. The van der Waals surface area contributed by atoms with Crippen LogP contribution in [0.15, 0.2) is 59.6 Å². The van der Waals surface area contributed by atoms with E-state index in [2.05, 4.69) is 15.0 Å². The van der Waals surface area contributed by atoms with Crippen LogP contribution in [0.3, 0.4) is 0 Å². The number of hydrogen-bond acceptors (Lipinski definition) is 4. The van der Waals surface area contributed by atoms with Gasteiger partial charge in [-0.05, 0) is 42.5 Å². The van der Waals surface area contributed by atoms with Gasteiger partial charge >= 0.3 is 0 Å². The molecule has 0 unspecified atom stereocenters. The maximum Gasteiger partial charge on any atom is 0.179 e. The Kier molecular flexibility index (Phi) is 5.00. The summed E-state index contributed by atoms with van der Waals surface area (Å²) < 4.78 is 12.4. The summed E-state index contributed by atoms with van der Waals surface area (Å²) in [5, 5.41) is 0.900.